The van der Waals surface area contributed by atoms with Crippen molar-refractivity contribution in [2.24, 2.45) is 0 Å². The molecule has 0 aliphatic carbocycles. The Hall–Kier alpha value is -2.81. The van der Waals surface area contributed by atoms with Gasteiger partial charge in [0.15, 0.2) is 0 Å². The average molecular weight is 319 g/mol. The number of fused-ring (bicyclic) bond motifs is 1. The predicted octanol–water partition coefficient (Wildman–Crippen LogP) is 4.05. The highest BCUT2D eigenvalue weighted by atomic mass is 16.5. The van der Waals surface area contributed by atoms with Gasteiger partial charge in [-0.05, 0) is 40.1 Å². The van der Waals surface area contributed by atoms with Gasteiger partial charge in [0.25, 0.3) is 0 Å². The van der Waals surface area contributed by atoms with Gasteiger partial charge in [-0.1, -0.05) is 48.5 Å². The molecular weight excluding hydrogens is 298 g/mol. The van der Waals surface area contributed by atoms with E-state index in [1.54, 1.807) is 12.0 Å². The van der Waals surface area contributed by atoms with E-state index in [4.69, 9.17) is 4.74 Å². The summed E-state index contributed by atoms with van der Waals surface area (Å²) in [6.45, 7) is 0.605. The number of hydrogen-bond donors (Lipinski definition) is 0. The molecule has 0 saturated heterocycles. The molecule has 1 amide bonds. The minimum Gasteiger partial charge on any atom is -0.497 e. The fourth-order valence-corrected chi connectivity index (χ4v) is 2.79. The Morgan fingerprint density at radius 1 is 0.917 bits per heavy atom. The highest BCUT2D eigenvalue weighted by molar-refractivity contribution is 5.83. The lowest BCUT2D eigenvalue weighted by Gasteiger charge is -2.18. The minimum atomic E-state index is 0.0939. The highest BCUT2D eigenvalue weighted by Crippen LogP contribution is 2.17. The van der Waals surface area contributed by atoms with Crippen LogP contribution in [0.25, 0.3) is 10.8 Å². The summed E-state index contributed by atoms with van der Waals surface area (Å²) in [6.07, 6.45) is 0.376. The van der Waals surface area contributed by atoms with E-state index < -0.39 is 0 Å². The van der Waals surface area contributed by atoms with Crippen molar-refractivity contribution in [3.8, 4) is 5.75 Å². The summed E-state index contributed by atoms with van der Waals surface area (Å²) in [5.74, 6) is 0.869. The van der Waals surface area contributed by atoms with Crippen molar-refractivity contribution >= 4 is 16.7 Å². The lowest BCUT2D eigenvalue weighted by Crippen LogP contribution is -2.27. The van der Waals surface area contributed by atoms with Crippen molar-refractivity contribution in [3.63, 3.8) is 0 Å². The number of carbonyl (C=O) groups excluding carboxylic acids is 1. The normalized spacial score (nSPS) is 10.6. The number of hydrogen-bond acceptors (Lipinski definition) is 2. The van der Waals surface area contributed by atoms with Gasteiger partial charge >= 0.3 is 0 Å². The molecule has 0 aliphatic heterocycles. The molecule has 0 fully saturated rings. The van der Waals surface area contributed by atoms with Crippen LogP contribution in [0.4, 0.5) is 0 Å². The molecule has 3 aromatic rings. The molecule has 0 unspecified atom stereocenters. The SMILES string of the molecule is COc1cccc(CC(=O)N(C)Cc2ccc3ccccc3c2)c1. The molecular formula is C21H21NO2. The van der Waals surface area contributed by atoms with Crippen molar-refractivity contribution in [1.82, 2.24) is 4.90 Å². The summed E-state index contributed by atoms with van der Waals surface area (Å²) >= 11 is 0. The third-order valence-corrected chi connectivity index (χ3v) is 4.15. The maximum absolute atomic E-state index is 12.5. The van der Waals surface area contributed by atoms with Gasteiger partial charge in [0.1, 0.15) is 5.75 Å². The molecule has 3 heteroatoms. The molecule has 0 saturated carbocycles. The van der Waals surface area contributed by atoms with Crippen molar-refractivity contribution < 1.29 is 9.53 Å². The third-order valence-electron chi connectivity index (χ3n) is 4.15. The van der Waals surface area contributed by atoms with Crippen molar-refractivity contribution in [3.05, 3.63) is 77.9 Å². The monoisotopic (exact) mass is 319 g/mol. The molecule has 0 atom stereocenters. The number of likely N-dealkylation sites (N-methyl/N-ethyl adjacent to an activating group) is 1. The Kier molecular flexibility index (Phi) is 4.80. The second kappa shape index (κ2) is 7.18. The molecule has 0 heterocycles. The van der Waals surface area contributed by atoms with E-state index in [0.717, 1.165) is 16.9 Å². The first-order valence-corrected chi connectivity index (χ1v) is 8.00. The van der Waals surface area contributed by atoms with E-state index in [9.17, 15) is 4.79 Å². The number of methoxy groups -OCH3 is 1. The van der Waals surface area contributed by atoms with Crippen LogP contribution in [-0.4, -0.2) is 25.0 Å². The van der Waals surface area contributed by atoms with E-state index in [1.807, 2.05) is 43.4 Å². The van der Waals surface area contributed by atoms with E-state index in [1.165, 1.54) is 10.8 Å². The molecule has 3 rings (SSSR count). The first-order valence-electron chi connectivity index (χ1n) is 8.00. The molecule has 0 radical (unpaired) electrons. The summed E-state index contributed by atoms with van der Waals surface area (Å²) in [5, 5.41) is 2.41. The standard InChI is InChI=1S/C21H21NO2/c1-22(21(23)14-16-6-5-9-20(13-16)24-2)15-17-10-11-18-7-3-4-8-19(18)12-17/h3-13H,14-15H2,1-2H3. The van der Waals surface area contributed by atoms with Crippen molar-refractivity contribution in [2.75, 3.05) is 14.2 Å². The van der Waals surface area contributed by atoms with Crippen molar-refractivity contribution in [2.45, 2.75) is 13.0 Å². The molecule has 24 heavy (non-hydrogen) atoms. The molecule has 0 spiro atoms. The second-order valence-electron chi connectivity index (χ2n) is 5.96. The third kappa shape index (κ3) is 3.74. The lowest BCUT2D eigenvalue weighted by molar-refractivity contribution is -0.129. The number of amides is 1. The van der Waals surface area contributed by atoms with Crippen LogP contribution < -0.4 is 4.74 Å². The number of nitrogens with zero attached hydrogens (tertiary/aromatic N) is 1. The fraction of sp³-hybridized carbons (Fsp3) is 0.190. The molecule has 0 aromatic heterocycles. The van der Waals surface area contributed by atoms with E-state index in [2.05, 4.69) is 30.3 Å². The summed E-state index contributed by atoms with van der Waals surface area (Å²) < 4.78 is 5.21. The summed E-state index contributed by atoms with van der Waals surface area (Å²) in [5.41, 5.74) is 2.10. The quantitative estimate of drug-likeness (QED) is 0.710. The zero-order valence-corrected chi connectivity index (χ0v) is 14.0. The topological polar surface area (TPSA) is 29.5 Å². The van der Waals surface area contributed by atoms with Crippen LogP contribution in [-0.2, 0) is 17.8 Å². The number of carbonyl (C=O) groups is 1. The minimum absolute atomic E-state index is 0.0939. The Balaban J connectivity index is 1.68. The molecule has 0 N–H and O–H groups in total. The predicted molar refractivity (Wildman–Crippen MR) is 97.1 cm³/mol. The maximum Gasteiger partial charge on any atom is 0.227 e. The van der Waals surface area contributed by atoms with Gasteiger partial charge < -0.3 is 9.64 Å². The molecule has 0 aliphatic rings. The van der Waals surface area contributed by atoms with Crippen LogP contribution in [0.5, 0.6) is 5.75 Å². The van der Waals surface area contributed by atoms with Crippen LogP contribution in [0.2, 0.25) is 0 Å². The Morgan fingerprint density at radius 3 is 2.50 bits per heavy atom. The summed E-state index contributed by atoms with van der Waals surface area (Å²) in [7, 11) is 3.48. The zero-order chi connectivity index (χ0) is 16.9. The van der Waals surface area contributed by atoms with Crippen LogP contribution in [0.3, 0.4) is 0 Å². The van der Waals surface area contributed by atoms with Gasteiger partial charge in [0, 0.05) is 13.6 Å². The van der Waals surface area contributed by atoms with Crippen LogP contribution in [0.15, 0.2) is 66.7 Å². The number of rotatable bonds is 5. The van der Waals surface area contributed by atoms with Gasteiger partial charge in [-0.15, -0.1) is 0 Å². The van der Waals surface area contributed by atoms with Gasteiger partial charge in [-0.2, -0.15) is 0 Å². The number of ether oxygens (including phenoxy) is 1. The highest BCUT2D eigenvalue weighted by Gasteiger charge is 2.11. The second-order valence-corrected chi connectivity index (χ2v) is 5.96. The number of benzene rings is 3. The van der Waals surface area contributed by atoms with Crippen LogP contribution in [0, 0.1) is 0 Å². The van der Waals surface area contributed by atoms with Crippen molar-refractivity contribution in [1.29, 1.82) is 0 Å². The average Bonchev–Trinajstić information content (AvgIpc) is 2.61. The van der Waals surface area contributed by atoms with E-state index in [-0.39, 0.29) is 5.91 Å². The largest absolute Gasteiger partial charge is 0.497 e. The summed E-state index contributed by atoms with van der Waals surface area (Å²) in [6, 6.07) is 22.2. The molecule has 122 valence electrons. The summed E-state index contributed by atoms with van der Waals surface area (Å²) in [4.78, 5) is 14.2. The maximum atomic E-state index is 12.5. The molecule has 3 nitrogen and oxygen atoms in total. The smallest absolute Gasteiger partial charge is 0.227 e. The van der Waals surface area contributed by atoms with Crippen LogP contribution >= 0.6 is 0 Å². The van der Waals surface area contributed by atoms with Crippen LogP contribution in [0.1, 0.15) is 11.1 Å². The van der Waals surface area contributed by atoms with E-state index in [0.29, 0.717) is 13.0 Å². The van der Waals surface area contributed by atoms with Gasteiger partial charge in [0.2, 0.25) is 5.91 Å². The van der Waals surface area contributed by atoms with Gasteiger partial charge in [-0.25, -0.2) is 0 Å². The molecule has 0 bridgehead atoms. The molecule has 3 aromatic carbocycles. The van der Waals surface area contributed by atoms with E-state index >= 15 is 0 Å². The fourth-order valence-electron chi connectivity index (χ4n) is 2.79. The first-order chi connectivity index (χ1) is 11.7. The zero-order valence-electron chi connectivity index (χ0n) is 14.0. The van der Waals surface area contributed by atoms with Gasteiger partial charge in [0.05, 0.1) is 13.5 Å². The Labute approximate surface area is 142 Å². The Bertz CT molecular complexity index is 857. The lowest BCUT2D eigenvalue weighted by atomic mass is 10.1. The Morgan fingerprint density at radius 2 is 1.71 bits per heavy atom. The van der Waals surface area contributed by atoms with Gasteiger partial charge in [-0.3, -0.25) is 4.79 Å². The first kappa shape index (κ1) is 16.1.